The molecular weight excluding hydrogens is 1520 g/mol. The van der Waals surface area contributed by atoms with Gasteiger partial charge in [0.1, 0.15) is 47.3 Å². The van der Waals surface area contributed by atoms with E-state index in [1.54, 1.807) is 48.6 Å². The highest BCUT2D eigenvalue weighted by molar-refractivity contribution is 7.06. The van der Waals surface area contributed by atoms with Crippen LogP contribution in [-0.4, -0.2) is 89.2 Å². The Balaban J connectivity index is 0.000000665. The summed E-state index contributed by atoms with van der Waals surface area (Å²) < 4.78 is 29.4. The van der Waals surface area contributed by atoms with Gasteiger partial charge in [0, 0.05) is 80.1 Å². The highest BCUT2D eigenvalue weighted by atomic mass is 32.1. The molecule has 5 aliphatic heterocycles. The molecule has 18 heteroatoms. The molecule has 0 radical (unpaired) electrons. The third-order valence-electron chi connectivity index (χ3n) is 17.5. The van der Waals surface area contributed by atoms with E-state index >= 15 is 0 Å². The van der Waals surface area contributed by atoms with E-state index in [9.17, 15) is 4.79 Å². The number of esters is 1. The lowest BCUT2D eigenvalue weighted by Gasteiger charge is -2.30. The topological polar surface area (TPSA) is 221 Å². The van der Waals surface area contributed by atoms with E-state index in [1.165, 1.54) is 27.7 Å². The Morgan fingerprint density at radius 2 is 1.10 bits per heavy atom. The Morgan fingerprint density at radius 1 is 0.537 bits per heavy atom. The van der Waals surface area contributed by atoms with Crippen molar-refractivity contribution in [2.45, 2.75) is 280 Å². The summed E-state index contributed by atoms with van der Waals surface area (Å²) in [4.78, 5) is 44.1. The number of H-pyrrole nitrogens is 1. The van der Waals surface area contributed by atoms with Crippen LogP contribution >= 0.6 is 11.5 Å². The molecule has 0 fully saturated rings. The molecule has 11 rings (SSSR count). The molecule has 1 atom stereocenters. The summed E-state index contributed by atoms with van der Waals surface area (Å²) in [7, 11) is 0. The quantitative estimate of drug-likeness (QED) is 0.120. The van der Waals surface area contributed by atoms with E-state index in [0.29, 0.717) is 29.0 Å². The van der Waals surface area contributed by atoms with Gasteiger partial charge >= 0.3 is 5.97 Å². The second-order valence-electron chi connectivity index (χ2n) is 39.8. The molecule has 0 spiro atoms. The molecule has 0 bridgehead atoms. The molecule has 11 heterocycles. The Bertz CT molecular complexity index is 4820. The molecule has 0 saturated heterocycles. The first kappa shape index (κ1) is 107. The Labute approximate surface area is 732 Å². The molecule has 0 aromatic carbocycles. The van der Waals surface area contributed by atoms with E-state index in [-0.39, 0.29) is 71.6 Å². The largest absolute Gasteiger partial charge is 0.458 e. The molecule has 121 heavy (non-hydrogen) atoms. The Kier molecular flexibility index (Phi) is 41.0. The van der Waals surface area contributed by atoms with Crippen LogP contribution in [-0.2, 0) is 42.0 Å². The monoisotopic (exact) mass is 1650 g/mol. The van der Waals surface area contributed by atoms with Gasteiger partial charge in [-0.15, -0.1) is 57.8 Å². The summed E-state index contributed by atoms with van der Waals surface area (Å²) in [6.07, 6.45) is 68.6. The maximum atomic E-state index is 10.8. The van der Waals surface area contributed by atoms with Crippen LogP contribution in [0.1, 0.15) is 309 Å². The second-order valence-corrected chi connectivity index (χ2v) is 40.6. The highest BCUT2D eigenvalue weighted by Gasteiger charge is 2.30. The maximum Gasteiger partial charge on any atom is 0.330 e. The van der Waals surface area contributed by atoms with Crippen molar-refractivity contribution in [3.8, 4) is 111 Å². The molecular formula is C103H135N11O6S. The zero-order valence-electron chi connectivity index (χ0n) is 78.9. The number of carbonyl (C=O) groups excluding carboxylic acids is 1. The zero-order chi connectivity index (χ0) is 93.3. The lowest BCUT2D eigenvalue weighted by molar-refractivity contribution is -0.149. The average molecular weight is 1660 g/mol. The molecule has 17 nitrogen and oxygen atoms in total. The van der Waals surface area contributed by atoms with Gasteiger partial charge in [0.2, 0.25) is 0 Å². The number of cyclic esters (lactones) is 1. The van der Waals surface area contributed by atoms with Gasteiger partial charge < -0.3 is 27.6 Å². The van der Waals surface area contributed by atoms with Crippen molar-refractivity contribution in [1.82, 2.24) is 34.6 Å². The minimum absolute atomic E-state index is 0.0118. The van der Waals surface area contributed by atoms with E-state index < -0.39 is 0 Å². The third kappa shape index (κ3) is 38.9. The lowest BCUT2D eigenvalue weighted by Crippen LogP contribution is -2.32. The van der Waals surface area contributed by atoms with E-state index in [2.05, 4.69) is 326 Å². The van der Waals surface area contributed by atoms with Crippen molar-refractivity contribution < 1.29 is 27.4 Å². The van der Waals surface area contributed by atoms with Gasteiger partial charge in [-0.3, -0.25) is 15.0 Å². The van der Waals surface area contributed by atoms with Crippen LogP contribution in [0.15, 0.2) is 140 Å². The first-order valence-corrected chi connectivity index (χ1v) is 40.8. The molecule has 6 aromatic heterocycles. The lowest BCUT2D eigenvalue weighted by atomic mass is 9.84. The van der Waals surface area contributed by atoms with Gasteiger partial charge in [0.25, 0.3) is 11.8 Å². The number of ether oxygens (including phenoxy) is 1. The van der Waals surface area contributed by atoms with Crippen LogP contribution in [0.2, 0.25) is 0 Å². The fourth-order valence-corrected chi connectivity index (χ4v) is 10.6. The third-order valence-corrected chi connectivity index (χ3v) is 18.7. The maximum absolute atomic E-state index is 10.8. The molecule has 1 N–H and O–H groups in total. The van der Waals surface area contributed by atoms with Crippen molar-refractivity contribution in [2.75, 3.05) is 19.6 Å². The van der Waals surface area contributed by atoms with Crippen molar-refractivity contribution in [2.24, 2.45) is 47.0 Å². The van der Waals surface area contributed by atoms with Gasteiger partial charge in [-0.25, -0.2) is 24.7 Å². The van der Waals surface area contributed by atoms with Gasteiger partial charge in [-0.05, 0) is 109 Å². The van der Waals surface area contributed by atoms with Crippen molar-refractivity contribution in [1.29, 1.82) is 0 Å². The van der Waals surface area contributed by atoms with E-state index in [1.807, 2.05) is 53.7 Å². The fourth-order valence-electron chi connectivity index (χ4n) is 9.85. The number of nitrogens with zero attached hydrogens (tertiary/aromatic N) is 10. The number of carbonyl (C=O) groups is 1. The first-order chi connectivity index (χ1) is 55.4. The number of allylic oxidation sites excluding steroid dienone is 5. The van der Waals surface area contributed by atoms with Crippen LogP contribution in [0.3, 0.4) is 0 Å². The molecule has 644 valence electrons. The smallest absolute Gasteiger partial charge is 0.330 e. The number of imidazole rings is 1. The number of aromatic amines is 1. The molecule has 0 aliphatic carbocycles. The van der Waals surface area contributed by atoms with Crippen LogP contribution < -0.4 is 0 Å². The fraction of sp³-hybridized carbons (Fsp3) is 0.485. The number of hydrogen-bond donors (Lipinski definition) is 1. The molecule has 6 aromatic rings. The minimum Gasteiger partial charge on any atom is -0.458 e. The Hall–Kier alpha value is -11.7. The first-order valence-electron chi connectivity index (χ1n) is 40.0. The summed E-state index contributed by atoms with van der Waals surface area (Å²) in [5.41, 5.74) is 14.3. The molecule has 1 unspecified atom stereocenters. The van der Waals surface area contributed by atoms with E-state index in [0.717, 1.165) is 95.2 Å². The van der Waals surface area contributed by atoms with Crippen molar-refractivity contribution >= 4 is 46.4 Å². The van der Waals surface area contributed by atoms with Gasteiger partial charge in [-0.2, -0.15) is 4.37 Å². The Morgan fingerprint density at radius 3 is 1.37 bits per heavy atom. The summed E-state index contributed by atoms with van der Waals surface area (Å²) in [6, 6.07) is 3.89. The molecule has 5 aliphatic rings. The molecule has 0 amide bonds. The average Bonchev–Trinajstić information content (AvgIpc) is 1.80. The standard InChI is InChI=1S/4C10H13N.C9H12N2.4C9H11NO.C9H13NS.C9H14O2/c1-5-9-6-8(7-11-9)10(2,3)4;2*1-5-9-8(6-7-11-9)10(2,3)4;1-5-8-6-7-9(11-8)10(2,3)4;1-5-8-10-6-7(11-8)9(2,3)4;1-5-8-10-7(6-11-8)9(2,3)4;1-5-8-10-6-7(11-8)9(2,3)4;1-5-8-7(6-11-10-8)9(2,3)4;2*1-5-7-6-8(11-10-7)9(2,3)4;1-9(2,3)7-5-4-6-8(10)11-7/h3*1,6H,7H2,2-4H3;1,7H,6H2,2-4H3;1,6H,2-4H3,(H,10,11);4*1,6H,2-4H3;5-6H,1H2,2-4H3;4,6-7H,5H2,1-3H3. The number of nitrogens with one attached hydrogen (secondary N) is 1. The SMILES string of the molecule is C#CC1=NC(C(C)(C)C)=CC1.C#CC1=NCC(C(C)(C)C)=C1.C#CC1=NCC=C1C(C)(C)C.C#CC1=NCC=C1C(C)(C)C.C#Cc1cc(C(C)(C)C)on1.C#Cc1nc(C(C)(C)C)co1.C#Cc1ncc(C(C)(C)C)[nH]1.C#Cc1ncc(C(C)(C)C)o1.C#Cc1nocc1C(C)(C)C.C=Cc1cc(C(C)(C)C)sn1.CC(C)(C)C1CC=CC(=O)O1. The second kappa shape index (κ2) is 46.2. The zero-order valence-corrected chi connectivity index (χ0v) is 79.7. The van der Waals surface area contributed by atoms with Gasteiger partial charge in [-0.1, -0.05) is 293 Å². The number of hydrogen-bond acceptors (Lipinski definition) is 17. The summed E-state index contributed by atoms with van der Waals surface area (Å²) in [5.74, 6) is 25.1. The molecule has 0 saturated carbocycles. The normalized spacial score (nSPS) is 14.6. The van der Waals surface area contributed by atoms with E-state index in [4.69, 9.17) is 80.4 Å². The number of aromatic nitrogens is 7. The summed E-state index contributed by atoms with van der Waals surface area (Å²) in [6.45, 7) is 75.6. The van der Waals surface area contributed by atoms with Crippen LogP contribution in [0.4, 0.5) is 0 Å². The minimum atomic E-state index is -0.212. The predicted molar refractivity (Wildman–Crippen MR) is 506 cm³/mol. The van der Waals surface area contributed by atoms with Crippen LogP contribution in [0.5, 0.6) is 0 Å². The summed E-state index contributed by atoms with van der Waals surface area (Å²) >= 11 is 1.56. The van der Waals surface area contributed by atoms with Gasteiger partial charge in [0.15, 0.2) is 17.2 Å². The predicted octanol–water partition coefficient (Wildman–Crippen LogP) is 23.0. The number of terminal acetylenes is 9. The summed E-state index contributed by atoms with van der Waals surface area (Å²) in [5, 5.41) is 7.38. The van der Waals surface area contributed by atoms with Crippen molar-refractivity contribution in [3.05, 3.63) is 171 Å². The number of oxazole rings is 2. The van der Waals surface area contributed by atoms with Crippen molar-refractivity contribution in [3.63, 3.8) is 0 Å². The highest BCUT2D eigenvalue weighted by Crippen LogP contribution is 2.34. The number of rotatable bonds is 1. The number of aliphatic imine (C=N–C) groups is 4. The van der Waals surface area contributed by atoms with Gasteiger partial charge in [0.05, 0.1) is 42.9 Å². The van der Waals surface area contributed by atoms with Crippen LogP contribution in [0.25, 0.3) is 6.08 Å². The van der Waals surface area contributed by atoms with Crippen LogP contribution in [0, 0.1) is 138 Å².